The zero-order chi connectivity index (χ0) is 16.4. The Balaban J connectivity index is 1.89. The molecule has 8 heteroatoms. The van der Waals surface area contributed by atoms with E-state index in [1.807, 2.05) is 0 Å². The maximum Gasteiger partial charge on any atom is 0.334 e. The van der Waals surface area contributed by atoms with Gasteiger partial charge in [0.25, 0.3) is 11.8 Å². The highest BCUT2D eigenvalue weighted by atomic mass is 16.5. The minimum atomic E-state index is -1.08. The van der Waals surface area contributed by atoms with Gasteiger partial charge in [-0.15, -0.1) is 0 Å². The number of benzene rings is 1. The minimum absolute atomic E-state index is 0.00532. The Labute approximate surface area is 131 Å². The number of carbonyl (C=O) groups excluding carboxylic acids is 1. The van der Waals surface area contributed by atoms with Gasteiger partial charge < -0.3 is 19.3 Å². The maximum absolute atomic E-state index is 12.8. The number of aromatic nitrogens is 2. The molecule has 1 aromatic heterocycles. The summed E-state index contributed by atoms with van der Waals surface area (Å²) in [6.07, 6.45) is -1.01. The van der Waals surface area contributed by atoms with Crippen molar-refractivity contribution in [2.24, 2.45) is 0 Å². The fraction of sp³-hybridized carbons (Fsp3) is 0.333. The molecule has 1 aliphatic rings. The summed E-state index contributed by atoms with van der Waals surface area (Å²) in [6.45, 7) is 2.21. The van der Waals surface area contributed by atoms with E-state index >= 15 is 0 Å². The van der Waals surface area contributed by atoms with Crippen LogP contribution in [0, 0.1) is 6.92 Å². The van der Waals surface area contributed by atoms with Crippen LogP contribution < -0.4 is 0 Å². The number of aryl methyl sites for hydroxylation is 1. The normalized spacial score (nSPS) is 18.0. The number of hydrogen-bond acceptors (Lipinski definition) is 6. The lowest BCUT2D eigenvalue weighted by molar-refractivity contribution is -0.154. The van der Waals surface area contributed by atoms with Gasteiger partial charge in [-0.25, -0.2) is 4.79 Å². The SMILES string of the molecule is Cc1noc(-c2ccccc2C(=O)N2CCO[C@@H](C(=O)O)C2)n1. The Bertz CT molecular complexity index is 742. The molecule has 8 nitrogen and oxygen atoms in total. The monoisotopic (exact) mass is 317 g/mol. The van der Waals surface area contributed by atoms with Crippen LogP contribution in [-0.4, -0.2) is 57.8 Å². The summed E-state index contributed by atoms with van der Waals surface area (Å²) in [5, 5.41) is 12.8. The van der Waals surface area contributed by atoms with Crippen LogP contribution in [0.15, 0.2) is 28.8 Å². The smallest absolute Gasteiger partial charge is 0.334 e. The molecule has 0 radical (unpaired) electrons. The van der Waals surface area contributed by atoms with Gasteiger partial charge in [0.2, 0.25) is 0 Å². The Morgan fingerprint density at radius 2 is 2.13 bits per heavy atom. The molecule has 0 saturated carbocycles. The number of morpholine rings is 1. The van der Waals surface area contributed by atoms with Crippen molar-refractivity contribution < 1.29 is 24.0 Å². The van der Waals surface area contributed by atoms with E-state index in [4.69, 9.17) is 14.4 Å². The quantitative estimate of drug-likeness (QED) is 0.899. The second-order valence-corrected chi connectivity index (χ2v) is 5.14. The average Bonchev–Trinajstić information content (AvgIpc) is 3.00. The van der Waals surface area contributed by atoms with Crippen molar-refractivity contribution >= 4 is 11.9 Å². The van der Waals surface area contributed by atoms with Crippen molar-refractivity contribution in [1.82, 2.24) is 15.0 Å². The van der Waals surface area contributed by atoms with Crippen molar-refractivity contribution in [2.45, 2.75) is 13.0 Å². The molecule has 2 aromatic rings. The molecule has 1 saturated heterocycles. The van der Waals surface area contributed by atoms with Gasteiger partial charge in [-0.3, -0.25) is 4.79 Å². The minimum Gasteiger partial charge on any atom is -0.479 e. The summed E-state index contributed by atoms with van der Waals surface area (Å²) in [6, 6.07) is 6.87. The van der Waals surface area contributed by atoms with Crippen molar-refractivity contribution in [3.05, 3.63) is 35.7 Å². The van der Waals surface area contributed by atoms with E-state index < -0.39 is 12.1 Å². The zero-order valence-corrected chi connectivity index (χ0v) is 12.4. The van der Waals surface area contributed by atoms with E-state index in [1.54, 1.807) is 31.2 Å². The Hall–Kier alpha value is -2.74. The summed E-state index contributed by atoms with van der Waals surface area (Å²) in [5.74, 6) is -0.636. The summed E-state index contributed by atoms with van der Waals surface area (Å²) < 4.78 is 10.3. The highest BCUT2D eigenvalue weighted by molar-refractivity contribution is 6.00. The largest absolute Gasteiger partial charge is 0.479 e. The number of carbonyl (C=O) groups is 2. The van der Waals surface area contributed by atoms with Crippen molar-refractivity contribution in [3.8, 4) is 11.5 Å². The second-order valence-electron chi connectivity index (χ2n) is 5.14. The first kappa shape index (κ1) is 15.2. The number of carboxylic acids is 1. The van der Waals surface area contributed by atoms with E-state index in [1.165, 1.54) is 4.90 Å². The third kappa shape index (κ3) is 3.07. The Morgan fingerprint density at radius 3 is 2.83 bits per heavy atom. The summed E-state index contributed by atoms with van der Waals surface area (Å²) >= 11 is 0. The van der Waals surface area contributed by atoms with Gasteiger partial charge in [-0.1, -0.05) is 17.3 Å². The fourth-order valence-corrected chi connectivity index (χ4v) is 2.42. The molecule has 0 aliphatic carbocycles. The van der Waals surface area contributed by atoms with Gasteiger partial charge in [0, 0.05) is 6.54 Å². The molecule has 0 spiro atoms. The molecule has 1 atom stereocenters. The molecule has 0 unspecified atom stereocenters. The summed E-state index contributed by atoms with van der Waals surface area (Å²) in [4.78, 5) is 29.4. The molecule has 1 amide bonds. The van der Waals surface area contributed by atoms with E-state index in [0.29, 0.717) is 23.5 Å². The molecule has 1 aliphatic heterocycles. The van der Waals surface area contributed by atoms with E-state index in [0.717, 1.165) is 0 Å². The Morgan fingerprint density at radius 1 is 1.35 bits per heavy atom. The third-order valence-corrected chi connectivity index (χ3v) is 3.54. The summed E-state index contributed by atoms with van der Waals surface area (Å²) in [7, 11) is 0. The van der Waals surface area contributed by atoms with Gasteiger partial charge in [-0.2, -0.15) is 4.98 Å². The van der Waals surface area contributed by atoms with Crippen LogP contribution >= 0.6 is 0 Å². The van der Waals surface area contributed by atoms with Gasteiger partial charge in [-0.05, 0) is 19.1 Å². The van der Waals surface area contributed by atoms with Crippen molar-refractivity contribution in [3.63, 3.8) is 0 Å². The first-order valence-corrected chi connectivity index (χ1v) is 7.09. The highest BCUT2D eigenvalue weighted by Gasteiger charge is 2.30. The molecule has 1 aromatic carbocycles. The number of rotatable bonds is 3. The summed E-state index contributed by atoms with van der Waals surface area (Å²) in [5.41, 5.74) is 0.915. The third-order valence-electron chi connectivity index (χ3n) is 3.54. The van der Waals surface area contributed by atoms with Gasteiger partial charge in [0.15, 0.2) is 11.9 Å². The lowest BCUT2D eigenvalue weighted by Crippen LogP contribution is -2.48. The van der Waals surface area contributed by atoms with Crippen LogP contribution in [0.1, 0.15) is 16.2 Å². The number of nitrogens with zero attached hydrogens (tertiary/aromatic N) is 3. The first-order chi connectivity index (χ1) is 11.1. The van der Waals surface area contributed by atoms with Crippen molar-refractivity contribution in [2.75, 3.05) is 19.7 Å². The van der Waals surface area contributed by atoms with E-state index in [9.17, 15) is 9.59 Å². The maximum atomic E-state index is 12.8. The van der Waals surface area contributed by atoms with Crippen molar-refractivity contribution in [1.29, 1.82) is 0 Å². The van der Waals surface area contributed by atoms with Crippen LogP contribution in [0.3, 0.4) is 0 Å². The number of aliphatic carboxylic acids is 1. The predicted octanol–water partition coefficient (Wildman–Crippen LogP) is 0.971. The van der Waals surface area contributed by atoms with Crippen LogP contribution in [-0.2, 0) is 9.53 Å². The lowest BCUT2D eigenvalue weighted by atomic mass is 10.1. The molecule has 120 valence electrons. The predicted molar refractivity (Wildman–Crippen MR) is 77.8 cm³/mol. The number of carboxylic acid groups (broad SMARTS) is 1. The lowest BCUT2D eigenvalue weighted by Gasteiger charge is -2.31. The Kier molecular flexibility index (Phi) is 4.07. The second kappa shape index (κ2) is 6.17. The molecule has 2 heterocycles. The topological polar surface area (TPSA) is 106 Å². The molecule has 23 heavy (non-hydrogen) atoms. The number of amides is 1. The van der Waals surface area contributed by atoms with Crippen LogP contribution in [0.25, 0.3) is 11.5 Å². The number of ether oxygens (including phenoxy) is 1. The highest BCUT2D eigenvalue weighted by Crippen LogP contribution is 2.24. The van der Waals surface area contributed by atoms with Crippen LogP contribution in [0.2, 0.25) is 0 Å². The van der Waals surface area contributed by atoms with Gasteiger partial charge in [0.05, 0.1) is 24.3 Å². The van der Waals surface area contributed by atoms with Crippen LogP contribution in [0.5, 0.6) is 0 Å². The molecular weight excluding hydrogens is 302 g/mol. The average molecular weight is 317 g/mol. The fourth-order valence-electron chi connectivity index (χ4n) is 2.42. The molecule has 3 rings (SSSR count). The first-order valence-electron chi connectivity index (χ1n) is 7.09. The van der Waals surface area contributed by atoms with E-state index in [-0.39, 0.29) is 24.9 Å². The van der Waals surface area contributed by atoms with E-state index in [2.05, 4.69) is 10.1 Å². The molecule has 1 N–H and O–H groups in total. The molecule has 1 fully saturated rings. The molecular formula is C15H15N3O5. The van der Waals surface area contributed by atoms with Gasteiger partial charge in [0.1, 0.15) is 0 Å². The van der Waals surface area contributed by atoms with Gasteiger partial charge >= 0.3 is 5.97 Å². The molecule has 0 bridgehead atoms. The standard InChI is InChI=1S/C15H15N3O5/c1-9-16-13(23-17-9)10-4-2-3-5-11(10)14(19)18-6-7-22-12(8-18)15(20)21/h2-5,12H,6-8H2,1H3,(H,20,21)/t12-/m1/s1. The zero-order valence-electron chi connectivity index (χ0n) is 12.4. The van der Waals surface area contributed by atoms with Crippen LogP contribution in [0.4, 0.5) is 0 Å². The number of hydrogen-bond donors (Lipinski definition) is 1.